The molecular formula is C17H27BO2S. The van der Waals surface area contributed by atoms with Gasteiger partial charge in [0.1, 0.15) is 0 Å². The highest BCUT2D eigenvalue weighted by Gasteiger charge is 2.51. The Morgan fingerprint density at radius 1 is 1.14 bits per heavy atom. The van der Waals surface area contributed by atoms with Crippen LogP contribution in [0, 0.1) is 0 Å². The lowest BCUT2D eigenvalue weighted by Gasteiger charge is -2.32. The van der Waals surface area contributed by atoms with Crippen LogP contribution in [0.4, 0.5) is 0 Å². The fraction of sp³-hybridized carbons (Fsp3) is 0.647. The monoisotopic (exact) mass is 306 g/mol. The second kappa shape index (κ2) is 6.35. The van der Waals surface area contributed by atoms with E-state index in [1.165, 1.54) is 12.0 Å². The van der Waals surface area contributed by atoms with Crippen molar-refractivity contribution < 1.29 is 9.31 Å². The number of thioether (sulfide) groups is 1. The molecule has 1 unspecified atom stereocenters. The Hall–Kier alpha value is -0.445. The van der Waals surface area contributed by atoms with E-state index in [9.17, 15) is 0 Å². The van der Waals surface area contributed by atoms with Crippen LogP contribution in [0.15, 0.2) is 24.3 Å². The zero-order valence-electron chi connectivity index (χ0n) is 14.1. The molecule has 4 heteroatoms. The maximum Gasteiger partial charge on any atom is 0.494 e. The Kier molecular flexibility index (Phi) is 5.12. The first kappa shape index (κ1) is 16.9. The highest BCUT2D eigenvalue weighted by molar-refractivity contribution is 7.99. The third-order valence-corrected chi connectivity index (χ3v) is 5.99. The summed E-state index contributed by atoms with van der Waals surface area (Å²) in [7, 11) is -0.261. The summed E-state index contributed by atoms with van der Waals surface area (Å²) in [6.45, 7) is 12.9. The fourth-order valence-electron chi connectivity index (χ4n) is 2.16. The van der Waals surface area contributed by atoms with E-state index in [-0.39, 0.29) is 18.3 Å². The van der Waals surface area contributed by atoms with Crippen LogP contribution in [0.2, 0.25) is 0 Å². The van der Waals surface area contributed by atoms with Crippen molar-refractivity contribution in [1.29, 1.82) is 0 Å². The van der Waals surface area contributed by atoms with E-state index in [0.29, 0.717) is 5.25 Å². The molecule has 0 amide bonds. The van der Waals surface area contributed by atoms with Crippen LogP contribution in [0.3, 0.4) is 0 Å². The van der Waals surface area contributed by atoms with Crippen molar-refractivity contribution in [3.8, 4) is 0 Å². The van der Waals surface area contributed by atoms with Crippen molar-refractivity contribution in [2.24, 2.45) is 0 Å². The van der Waals surface area contributed by atoms with E-state index >= 15 is 0 Å². The Bertz CT molecular complexity index is 471. The van der Waals surface area contributed by atoms with E-state index in [1.807, 2.05) is 11.8 Å². The number of benzene rings is 1. The zero-order chi connectivity index (χ0) is 15.7. The number of rotatable bonds is 5. The zero-order valence-corrected chi connectivity index (χ0v) is 14.9. The third kappa shape index (κ3) is 3.85. The molecule has 2 rings (SSSR count). The molecule has 1 aliphatic heterocycles. The molecule has 2 nitrogen and oxygen atoms in total. The lowest BCUT2D eigenvalue weighted by Crippen LogP contribution is -2.41. The molecule has 1 aliphatic rings. The second-order valence-corrected chi connectivity index (χ2v) is 8.29. The van der Waals surface area contributed by atoms with Gasteiger partial charge >= 0.3 is 7.12 Å². The van der Waals surface area contributed by atoms with Gasteiger partial charge in [0.05, 0.1) is 11.2 Å². The number of hydrogen-bond donors (Lipinski definition) is 0. The predicted octanol–water partition coefficient (Wildman–Crippen LogP) is 4.02. The smallest absolute Gasteiger partial charge is 0.399 e. The molecule has 0 spiro atoms. The highest BCUT2D eigenvalue weighted by atomic mass is 32.2. The molecule has 1 aromatic carbocycles. The third-order valence-electron chi connectivity index (χ3n) is 4.59. The second-order valence-electron chi connectivity index (χ2n) is 6.86. The van der Waals surface area contributed by atoms with Crippen LogP contribution in [0.25, 0.3) is 0 Å². The first-order chi connectivity index (χ1) is 9.75. The molecule has 0 saturated carbocycles. The molecule has 1 heterocycles. The summed E-state index contributed by atoms with van der Waals surface area (Å²) in [5, 5.41) is 0.700. The summed E-state index contributed by atoms with van der Waals surface area (Å²) in [6, 6.07) is 8.61. The van der Waals surface area contributed by atoms with Crippen LogP contribution in [-0.2, 0) is 15.1 Å². The SMILES string of the molecule is CCC(C)SCc1cccc(B2OC(C)(C)C(C)(C)O2)c1. The van der Waals surface area contributed by atoms with E-state index in [2.05, 4.69) is 65.8 Å². The quantitative estimate of drug-likeness (QED) is 0.766. The van der Waals surface area contributed by atoms with Crippen LogP contribution in [-0.4, -0.2) is 23.6 Å². The van der Waals surface area contributed by atoms with Crippen LogP contribution in [0.5, 0.6) is 0 Å². The van der Waals surface area contributed by atoms with Gasteiger partial charge in [0.2, 0.25) is 0 Å². The lowest BCUT2D eigenvalue weighted by molar-refractivity contribution is 0.00578. The molecule has 1 fully saturated rings. The van der Waals surface area contributed by atoms with Crippen molar-refractivity contribution in [2.75, 3.05) is 0 Å². The minimum Gasteiger partial charge on any atom is -0.399 e. The van der Waals surface area contributed by atoms with Gasteiger partial charge in [-0.15, -0.1) is 0 Å². The largest absolute Gasteiger partial charge is 0.494 e. The Labute approximate surface area is 134 Å². The topological polar surface area (TPSA) is 18.5 Å². The summed E-state index contributed by atoms with van der Waals surface area (Å²) in [5.41, 5.74) is 1.90. The summed E-state index contributed by atoms with van der Waals surface area (Å²) in [6.07, 6.45) is 1.21. The van der Waals surface area contributed by atoms with Gasteiger partial charge in [-0.05, 0) is 45.1 Å². The minimum atomic E-state index is -0.279. The first-order valence-corrected chi connectivity index (χ1v) is 8.86. The molecule has 0 aliphatic carbocycles. The van der Waals surface area contributed by atoms with Gasteiger partial charge in [-0.3, -0.25) is 0 Å². The molecule has 1 saturated heterocycles. The Morgan fingerprint density at radius 3 is 2.33 bits per heavy atom. The normalized spacial score (nSPS) is 21.5. The van der Waals surface area contributed by atoms with Crippen LogP contribution in [0.1, 0.15) is 53.5 Å². The van der Waals surface area contributed by atoms with Gasteiger partial charge in [-0.25, -0.2) is 0 Å². The van der Waals surface area contributed by atoms with E-state index in [0.717, 1.165) is 11.2 Å². The van der Waals surface area contributed by atoms with Gasteiger partial charge in [0.25, 0.3) is 0 Å². The minimum absolute atomic E-state index is 0.261. The molecular weight excluding hydrogens is 279 g/mol. The average Bonchev–Trinajstić information content (AvgIpc) is 2.65. The van der Waals surface area contributed by atoms with Crippen LogP contribution < -0.4 is 5.46 Å². The van der Waals surface area contributed by atoms with Crippen molar-refractivity contribution in [3.05, 3.63) is 29.8 Å². The van der Waals surface area contributed by atoms with E-state index < -0.39 is 0 Å². The average molecular weight is 306 g/mol. The van der Waals surface area contributed by atoms with Gasteiger partial charge in [0.15, 0.2) is 0 Å². The van der Waals surface area contributed by atoms with Crippen molar-refractivity contribution >= 4 is 24.3 Å². The molecule has 0 bridgehead atoms. The lowest BCUT2D eigenvalue weighted by atomic mass is 9.78. The van der Waals surface area contributed by atoms with Gasteiger partial charge in [0, 0.05) is 11.0 Å². The Morgan fingerprint density at radius 2 is 1.76 bits per heavy atom. The first-order valence-electron chi connectivity index (χ1n) is 7.81. The molecule has 0 aromatic heterocycles. The van der Waals surface area contributed by atoms with Gasteiger partial charge in [-0.2, -0.15) is 11.8 Å². The predicted molar refractivity (Wildman–Crippen MR) is 93.2 cm³/mol. The molecule has 1 aromatic rings. The fourth-order valence-corrected chi connectivity index (χ4v) is 3.06. The van der Waals surface area contributed by atoms with E-state index in [4.69, 9.17) is 9.31 Å². The summed E-state index contributed by atoms with van der Waals surface area (Å²) in [4.78, 5) is 0. The maximum atomic E-state index is 6.12. The van der Waals surface area contributed by atoms with Crippen molar-refractivity contribution in [3.63, 3.8) is 0 Å². The molecule has 0 radical (unpaired) electrons. The Balaban J connectivity index is 2.08. The van der Waals surface area contributed by atoms with Gasteiger partial charge in [-0.1, -0.05) is 38.1 Å². The van der Waals surface area contributed by atoms with Gasteiger partial charge < -0.3 is 9.31 Å². The maximum absolute atomic E-state index is 6.12. The summed E-state index contributed by atoms with van der Waals surface area (Å²) >= 11 is 2.00. The highest BCUT2D eigenvalue weighted by Crippen LogP contribution is 2.36. The molecule has 0 N–H and O–H groups in total. The summed E-state index contributed by atoms with van der Waals surface area (Å²) < 4.78 is 12.2. The molecule has 21 heavy (non-hydrogen) atoms. The van der Waals surface area contributed by atoms with Crippen LogP contribution >= 0.6 is 11.8 Å². The number of hydrogen-bond acceptors (Lipinski definition) is 3. The summed E-state index contributed by atoms with van der Waals surface area (Å²) in [5.74, 6) is 1.04. The molecule has 116 valence electrons. The molecule has 1 atom stereocenters. The van der Waals surface area contributed by atoms with E-state index in [1.54, 1.807) is 0 Å². The van der Waals surface area contributed by atoms with Crippen molar-refractivity contribution in [2.45, 2.75) is 70.2 Å². The van der Waals surface area contributed by atoms with Crippen molar-refractivity contribution in [1.82, 2.24) is 0 Å². The standard InChI is InChI=1S/C17H27BO2S/c1-7-13(2)21-12-14-9-8-10-15(11-14)18-19-16(3,4)17(5,6)20-18/h8-11,13H,7,12H2,1-6H3.